The van der Waals surface area contributed by atoms with Crippen LogP contribution < -0.4 is 5.43 Å². The molecule has 0 fully saturated rings. The monoisotopic (exact) mass is 537 g/mol. The predicted octanol–water partition coefficient (Wildman–Crippen LogP) is 4.24. The van der Waals surface area contributed by atoms with Gasteiger partial charge in [-0.3, -0.25) is 24.5 Å². The molecule has 12 heteroatoms. The minimum absolute atomic E-state index is 0.0131. The normalized spacial score (nSPS) is 11.0. The summed E-state index contributed by atoms with van der Waals surface area (Å²) in [5.41, 5.74) is 4.24. The average molecular weight is 538 g/mol. The standard InChI is InChI=1S/C22H16BrN7O3S/c23-17-5-7-18(8-6-17)29-21(15-9-11-24-12-10-15)27-28-22(29)34-14-20(31)26-25-13-16-3-1-2-4-19(16)30(32)33/h1-13H,14H2,(H,26,31)/b25-13+. The molecule has 0 bridgehead atoms. The Morgan fingerprint density at radius 2 is 1.85 bits per heavy atom. The summed E-state index contributed by atoms with van der Waals surface area (Å²) in [6.07, 6.45) is 4.59. The van der Waals surface area contributed by atoms with E-state index in [2.05, 4.69) is 41.6 Å². The van der Waals surface area contributed by atoms with Crippen LogP contribution in [0, 0.1) is 10.1 Å². The molecule has 0 saturated heterocycles. The van der Waals surface area contributed by atoms with Crippen molar-refractivity contribution in [2.45, 2.75) is 5.16 Å². The Morgan fingerprint density at radius 3 is 2.59 bits per heavy atom. The molecule has 0 atom stereocenters. The highest BCUT2D eigenvalue weighted by Crippen LogP contribution is 2.28. The maximum Gasteiger partial charge on any atom is 0.278 e. The lowest BCUT2D eigenvalue weighted by molar-refractivity contribution is -0.385. The Labute approximate surface area is 206 Å². The van der Waals surface area contributed by atoms with Gasteiger partial charge in [-0.1, -0.05) is 39.8 Å². The maximum atomic E-state index is 12.3. The van der Waals surface area contributed by atoms with Gasteiger partial charge in [0, 0.05) is 34.2 Å². The number of nitrogens with zero attached hydrogens (tertiary/aromatic N) is 6. The maximum absolute atomic E-state index is 12.3. The summed E-state index contributed by atoms with van der Waals surface area (Å²) in [5, 5.41) is 24.0. The van der Waals surface area contributed by atoms with Crippen molar-refractivity contribution in [2.75, 3.05) is 5.75 Å². The lowest BCUT2D eigenvalue weighted by Gasteiger charge is -2.10. The van der Waals surface area contributed by atoms with Gasteiger partial charge in [0.2, 0.25) is 0 Å². The van der Waals surface area contributed by atoms with E-state index in [1.165, 1.54) is 24.0 Å². The molecule has 170 valence electrons. The van der Waals surface area contributed by atoms with E-state index in [0.717, 1.165) is 15.7 Å². The van der Waals surface area contributed by atoms with Gasteiger partial charge in [-0.2, -0.15) is 5.10 Å². The van der Waals surface area contributed by atoms with E-state index in [0.29, 0.717) is 11.0 Å². The van der Waals surface area contributed by atoms with Gasteiger partial charge in [-0.25, -0.2) is 5.43 Å². The van der Waals surface area contributed by atoms with Gasteiger partial charge < -0.3 is 0 Å². The lowest BCUT2D eigenvalue weighted by Crippen LogP contribution is -2.20. The lowest BCUT2D eigenvalue weighted by atomic mass is 10.2. The SMILES string of the molecule is O=C(CSc1nnc(-c2ccncc2)n1-c1ccc(Br)cc1)N/N=C/c1ccccc1[N+](=O)[O-]. The quantitative estimate of drug-likeness (QED) is 0.154. The second kappa shape index (κ2) is 10.8. The van der Waals surface area contributed by atoms with E-state index in [1.807, 2.05) is 41.0 Å². The molecule has 0 aliphatic carbocycles. The van der Waals surface area contributed by atoms with Crippen molar-refractivity contribution >= 4 is 45.5 Å². The Hall–Kier alpha value is -3.90. The molecule has 0 unspecified atom stereocenters. The fraction of sp³-hybridized carbons (Fsp3) is 0.0455. The van der Waals surface area contributed by atoms with Crippen molar-refractivity contribution in [3.8, 4) is 17.1 Å². The number of aromatic nitrogens is 4. The molecule has 0 aliphatic heterocycles. The summed E-state index contributed by atoms with van der Waals surface area (Å²) in [6.45, 7) is 0. The molecule has 2 aromatic carbocycles. The molecule has 4 rings (SSSR count). The fourth-order valence-electron chi connectivity index (χ4n) is 2.97. The molecule has 4 aromatic rings. The topological polar surface area (TPSA) is 128 Å². The minimum atomic E-state index is -0.506. The molecule has 34 heavy (non-hydrogen) atoms. The van der Waals surface area contributed by atoms with E-state index < -0.39 is 10.8 Å². The highest BCUT2D eigenvalue weighted by atomic mass is 79.9. The van der Waals surface area contributed by atoms with Crippen LogP contribution in [0.5, 0.6) is 0 Å². The summed E-state index contributed by atoms with van der Waals surface area (Å²) < 4.78 is 2.79. The van der Waals surface area contributed by atoms with Crippen LogP contribution in [0.15, 0.2) is 87.8 Å². The summed E-state index contributed by atoms with van der Waals surface area (Å²) in [7, 11) is 0. The summed E-state index contributed by atoms with van der Waals surface area (Å²) in [6, 6.07) is 17.4. The van der Waals surface area contributed by atoms with Crippen molar-refractivity contribution in [1.29, 1.82) is 0 Å². The molecule has 10 nitrogen and oxygen atoms in total. The first-order valence-electron chi connectivity index (χ1n) is 9.83. The largest absolute Gasteiger partial charge is 0.278 e. The van der Waals surface area contributed by atoms with E-state index in [4.69, 9.17) is 0 Å². The fourth-order valence-corrected chi connectivity index (χ4v) is 3.98. The number of nitro groups is 1. The van der Waals surface area contributed by atoms with Crippen molar-refractivity contribution in [2.24, 2.45) is 5.10 Å². The number of para-hydroxylation sites is 1. The first kappa shape index (κ1) is 23.3. The van der Waals surface area contributed by atoms with Crippen LogP contribution in [0.25, 0.3) is 17.1 Å². The Kier molecular flexibility index (Phi) is 7.40. The van der Waals surface area contributed by atoms with E-state index in [1.54, 1.807) is 30.6 Å². The van der Waals surface area contributed by atoms with Gasteiger partial charge in [-0.15, -0.1) is 10.2 Å². The number of hydrogen-bond donors (Lipinski definition) is 1. The third-order valence-corrected chi connectivity index (χ3v) is 5.97. The van der Waals surface area contributed by atoms with Gasteiger partial charge in [0.25, 0.3) is 11.6 Å². The van der Waals surface area contributed by atoms with Gasteiger partial charge in [0.05, 0.1) is 22.5 Å². The molecular weight excluding hydrogens is 522 g/mol. The van der Waals surface area contributed by atoms with Gasteiger partial charge in [-0.05, 0) is 42.5 Å². The number of rotatable bonds is 8. The molecule has 2 aromatic heterocycles. The number of amides is 1. The van der Waals surface area contributed by atoms with Gasteiger partial charge >= 0.3 is 0 Å². The van der Waals surface area contributed by atoms with Crippen LogP contribution in [0.2, 0.25) is 0 Å². The number of carbonyl (C=O) groups is 1. The van der Waals surface area contributed by atoms with Crippen LogP contribution in [0.1, 0.15) is 5.56 Å². The second-order valence-electron chi connectivity index (χ2n) is 6.75. The van der Waals surface area contributed by atoms with Crippen LogP contribution in [-0.4, -0.2) is 42.5 Å². The molecule has 0 spiro atoms. The first-order chi connectivity index (χ1) is 16.5. The zero-order chi connectivity index (χ0) is 23.9. The number of thioether (sulfide) groups is 1. The zero-order valence-electron chi connectivity index (χ0n) is 17.4. The molecule has 0 saturated carbocycles. The highest BCUT2D eigenvalue weighted by molar-refractivity contribution is 9.10. The smallest absolute Gasteiger partial charge is 0.272 e. The number of nitrogens with one attached hydrogen (secondary N) is 1. The number of carbonyl (C=O) groups excluding carboxylic acids is 1. The van der Waals surface area contributed by atoms with Crippen molar-refractivity contribution in [3.63, 3.8) is 0 Å². The highest BCUT2D eigenvalue weighted by Gasteiger charge is 2.17. The third kappa shape index (κ3) is 5.53. The van der Waals surface area contributed by atoms with Gasteiger partial charge in [0.15, 0.2) is 11.0 Å². The zero-order valence-corrected chi connectivity index (χ0v) is 19.8. The average Bonchev–Trinajstić information content (AvgIpc) is 3.28. The van der Waals surface area contributed by atoms with Crippen LogP contribution >= 0.6 is 27.7 Å². The van der Waals surface area contributed by atoms with Crippen LogP contribution in [-0.2, 0) is 4.79 Å². The number of nitro benzene ring substituents is 1. The van der Waals surface area contributed by atoms with E-state index >= 15 is 0 Å². The Bertz CT molecular complexity index is 1340. The van der Waals surface area contributed by atoms with Crippen molar-refractivity contribution in [1.82, 2.24) is 25.2 Å². The number of pyridine rings is 1. The number of halogens is 1. The van der Waals surface area contributed by atoms with Crippen molar-refractivity contribution < 1.29 is 9.72 Å². The summed E-state index contributed by atoms with van der Waals surface area (Å²) in [4.78, 5) is 27.0. The molecule has 1 amide bonds. The second-order valence-corrected chi connectivity index (χ2v) is 8.61. The molecule has 1 N–H and O–H groups in total. The minimum Gasteiger partial charge on any atom is -0.272 e. The molecule has 0 aliphatic rings. The van der Waals surface area contributed by atoms with Gasteiger partial charge in [0.1, 0.15) is 0 Å². The number of benzene rings is 2. The van der Waals surface area contributed by atoms with E-state index in [9.17, 15) is 14.9 Å². The van der Waals surface area contributed by atoms with Crippen molar-refractivity contribution in [3.05, 3.63) is 93.2 Å². The first-order valence-corrected chi connectivity index (χ1v) is 11.6. The van der Waals surface area contributed by atoms with Crippen LogP contribution in [0.4, 0.5) is 5.69 Å². The number of hydrazone groups is 1. The Morgan fingerprint density at radius 1 is 1.12 bits per heavy atom. The summed E-state index contributed by atoms with van der Waals surface area (Å²) in [5.74, 6) is 0.233. The Balaban J connectivity index is 1.50. The molecule has 2 heterocycles. The summed E-state index contributed by atoms with van der Waals surface area (Å²) >= 11 is 4.63. The van der Waals surface area contributed by atoms with E-state index in [-0.39, 0.29) is 17.0 Å². The van der Waals surface area contributed by atoms with Crippen LogP contribution in [0.3, 0.4) is 0 Å². The predicted molar refractivity (Wildman–Crippen MR) is 132 cm³/mol. The molecular formula is C22H16BrN7O3S. The third-order valence-electron chi connectivity index (χ3n) is 4.52. The number of hydrogen-bond acceptors (Lipinski definition) is 8. The molecule has 0 radical (unpaired) electrons.